The summed E-state index contributed by atoms with van der Waals surface area (Å²) < 4.78 is 0. The molecule has 0 bridgehead atoms. The lowest BCUT2D eigenvalue weighted by Crippen LogP contribution is -2.63. The molecular weight excluding hydrogens is 1390 g/mol. The van der Waals surface area contributed by atoms with E-state index < -0.39 is 187 Å². The van der Waals surface area contributed by atoms with Crippen LogP contribution >= 0.6 is 36.2 Å². The van der Waals surface area contributed by atoms with Gasteiger partial charge in [-0.1, -0.05) is 88.5 Å². The van der Waals surface area contributed by atoms with E-state index in [-0.39, 0.29) is 54.7 Å². The number of aliphatic hydroxyl groups is 3. The van der Waals surface area contributed by atoms with Crippen molar-refractivity contribution < 1.29 is 92.7 Å². The van der Waals surface area contributed by atoms with Crippen LogP contribution in [0.25, 0.3) is 0 Å². The van der Waals surface area contributed by atoms with Crippen molar-refractivity contribution in [2.24, 2.45) is 17.6 Å². The zero-order valence-corrected chi connectivity index (χ0v) is 62.0. The standard InChI is InChI=1S/C50H81N19O19S3.C6H14.2C2H6/c1-7-22(3)38(63-46(83)33(19-91-21-36(75)53-12-27-14-56-69-67-27)62-44(81)30(9-10-37(76)77)59-42(79)28(51)17-89)48(85)65-40(25(6)72)49(86)64-39(24(5)71)47(84)54-15-34(73)58-29(8-2)43(80)61-32(18-90-20-35(74)52-11-26-13-55-68-66-26)45(82)57-23(4)41(78)60-31(16-70)50(87)88;1-4-6(3)5-2;2*1-2/h13-14,22-25,28-33,38-40,70-72,89H,7-12,15-21,51H2,1-6H3,(H,52,74)(H,53,75)(H,54,84)(H,57,82)(H,58,73)(H,59,79)(H,60,78)(H,61,80)(H,62,81)(H,63,83)(H,64,86)(H,65,85)(H,76,77)(H,87,88)(H,55,66,68)(H,56,67,69);6H,4-5H2,1-3H3;2*1-2H3/t22?,23-,24?,25?,28-,29-,30-,31-,32-,33-,38-,39-,40-;;;/m0.../s1. The first-order valence-corrected chi connectivity index (χ1v) is 35.9. The molecule has 2 aromatic heterocycles. The van der Waals surface area contributed by atoms with Crippen molar-refractivity contribution >= 4 is 119 Å². The zero-order chi connectivity index (χ0) is 77.5. The Labute approximate surface area is 601 Å². The third-order valence-electron chi connectivity index (χ3n) is 14.3. The third kappa shape index (κ3) is 38.9. The molecule has 2 rings (SSSR count). The fourth-order valence-corrected chi connectivity index (χ4v) is 9.64. The largest absolute Gasteiger partial charge is 0.481 e. The lowest BCUT2D eigenvalue weighted by Gasteiger charge is -2.30. The van der Waals surface area contributed by atoms with Crippen LogP contribution in [0.1, 0.15) is 140 Å². The van der Waals surface area contributed by atoms with E-state index in [1.54, 1.807) is 6.92 Å². The molecule has 41 heteroatoms. The maximum absolute atomic E-state index is 14.2. The molecule has 0 aliphatic carbocycles. The van der Waals surface area contributed by atoms with Crippen LogP contribution < -0.4 is 69.5 Å². The summed E-state index contributed by atoms with van der Waals surface area (Å²) in [5.41, 5.74) is 6.57. The Kier molecular flexibility index (Phi) is 50.3. The highest BCUT2D eigenvalue weighted by Crippen LogP contribution is 2.13. The molecule has 2 aromatic rings. The van der Waals surface area contributed by atoms with Gasteiger partial charge in [0, 0.05) is 23.7 Å². The Morgan fingerprint density at radius 3 is 1.33 bits per heavy atom. The summed E-state index contributed by atoms with van der Waals surface area (Å²) in [6.45, 7) is 20.9. The Morgan fingerprint density at radius 1 is 0.505 bits per heavy atom. The van der Waals surface area contributed by atoms with E-state index in [1.165, 1.54) is 46.0 Å². The van der Waals surface area contributed by atoms with Gasteiger partial charge in [0.15, 0.2) is 0 Å². The second kappa shape index (κ2) is 53.6. The Morgan fingerprint density at radius 2 is 0.931 bits per heavy atom. The molecule has 101 heavy (non-hydrogen) atoms. The van der Waals surface area contributed by atoms with Gasteiger partial charge in [0.2, 0.25) is 70.9 Å². The molecule has 0 aliphatic heterocycles. The maximum atomic E-state index is 14.2. The average molecular weight is 1490 g/mol. The highest BCUT2D eigenvalue weighted by molar-refractivity contribution is 8.00. The summed E-state index contributed by atoms with van der Waals surface area (Å²) in [5.74, 6) is -15.5. The average Bonchev–Trinajstić information content (AvgIpc) is 1.08. The van der Waals surface area contributed by atoms with Gasteiger partial charge in [-0.25, -0.2) is 4.79 Å². The highest BCUT2D eigenvalue weighted by atomic mass is 32.2. The minimum absolute atomic E-state index is 0.00646. The van der Waals surface area contributed by atoms with Crippen LogP contribution in [0.3, 0.4) is 0 Å². The summed E-state index contributed by atoms with van der Waals surface area (Å²) in [7, 11) is 0. The fraction of sp³-hybridized carbons (Fsp3) is 0.700. The number of aliphatic carboxylic acids is 2. The van der Waals surface area contributed by atoms with E-state index in [2.05, 4.69) is 123 Å². The molecule has 0 fully saturated rings. The number of aromatic amines is 2. The number of carboxylic acids is 2. The first-order chi connectivity index (χ1) is 47.8. The quantitative estimate of drug-likeness (QED) is 0.0279. The summed E-state index contributed by atoms with van der Waals surface area (Å²) >= 11 is 5.71. The molecule has 0 aliphatic rings. The molecule has 2 heterocycles. The number of nitrogens with one attached hydrogen (secondary N) is 14. The van der Waals surface area contributed by atoms with Crippen LogP contribution in [0.2, 0.25) is 0 Å². The first kappa shape index (κ1) is 94.8. The Bertz CT molecular complexity index is 2860. The van der Waals surface area contributed by atoms with Gasteiger partial charge in [-0.15, -0.1) is 23.5 Å². The summed E-state index contributed by atoms with van der Waals surface area (Å²) in [6, 6.07) is -15.8. The number of H-pyrrole nitrogens is 2. The van der Waals surface area contributed by atoms with Crippen LogP contribution in [0.15, 0.2) is 12.4 Å². The molecule has 38 nitrogen and oxygen atoms in total. The summed E-state index contributed by atoms with van der Waals surface area (Å²) in [6.07, 6.45) is 0.934. The lowest BCUT2D eigenvalue weighted by atomic mass is 9.97. The zero-order valence-electron chi connectivity index (χ0n) is 59.4. The van der Waals surface area contributed by atoms with E-state index in [0.717, 1.165) is 43.3 Å². The van der Waals surface area contributed by atoms with Crippen LogP contribution in [-0.2, 0) is 80.2 Å². The van der Waals surface area contributed by atoms with Gasteiger partial charge in [-0.3, -0.25) is 62.3 Å². The second-order valence-electron chi connectivity index (χ2n) is 22.2. The number of hydrogen-bond donors (Lipinski definition) is 21. The van der Waals surface area contributed by atoms with Crippen molar-refractivity contribution in [3.05, 3.63) is 23.8 Å². The Hall–Kier alpha value is -8.25. The molecule has 0 radical (unpaired) electrons. The van der Waals surface area contributed by atoms with Crippen molar-refractivity contribution in [2.75, 3.05) is 41.9 Å². The SMILES string of the molecule is CC.CC.CCC(C)CC.CCC(C)[C@H](NC(=O)[C@H](CSCC(=O)NCc1cn[nH]n1)NC(=O)[C@H](CCC(=O)O)NC(=O)[C@@H](N)CS)C(=O)N[C@H](C(=O)N[C@H](C(=O)NCC(=O)N[C@@H](CC)C(=O)N[C@@H](CSCC(=O)NCc1cn[nH]n1)C(=O)N[C@@H](C)C(=O)N[C@@H](CO)C(=O)O)C(C)O)C(C)O. The van der Waals surface area contributed by atoms with E-state index in [1.807, 2.05) is 33.0 Å². The van der Waals surface area contributed by atoms with Crippen molar-refractivity contribution in [1.82, 2.24) is 94.6 Å². The minimum Gasteiger partial charge on any atom is -0.481 e. The molecule has 3 unspecified atom stereocenters. The number of rotatable bonds is 45. The van der Waals surface area contributed by atoms with E-state index >= 15 is 0 Å². The number of aliphatic hydroxyl groups excluding tert-OH is 3. The van der Waals surface area contributed by atoms with Crippen LogP contribution in [0.5, 0.6) is 0 Å². The Balaban J connectivity index is 0. The van der Waals surface area contributed by atoms with Gasteiger partial charge >= 0.3 is 11.9 Å². The maximum Gasteiger partial charge on any atom is 0.328 e. The molecule has 12 amide bonds. The van der Waals surface area contributed by atoms with Crippen molar-refractivity contribution in [2.45, 2.75) is 214 Å². The van der Waals surface area contributed by atoms with Crippen molar-refractivity contribution in [1.29, 1.82) is 0 Å². The van der Waals surface area contributed by atoms with E-state index in [0.29, 0.717) is 11.4 Å². The van der Waals surface area contributed by atoms with Gasteiger partial charge < -0.3 is 95.1 Å². The predicted octanol–water partition coefficient (Wildman–Crippen LogP) is -4.27. The van der Waals surface area contributed by atoms with Crippen LogP contribution in [0, 0.1) is 11.8 Å². The van der Waals surface area contributed by atoms with Crippen LogP contribution in [-0.4, -0.2) is 254 Å². The predicted molar refractivity (Wildman–Crippen MR) is 376 cm³/mol. The molecule has 21 N–H and O–H groups in total. The number of carbonyl (C=O) groups is 14. The topological polar surface area (TPSA) is 594 Å². The normalized spacial score (nSPS) is 14.5. The van der Waals surface area contributed by atoms with Crippen molar-refractivity contribution in [3.63, 3.8) is 0 Å². The number of carbonyl (C=O) groups excluding carboxylic acids is 12. The number of amides is 12. The molecule has 574 valence electrons. The van der Waals surface area contributed by atoms with E-state index in [9.17, 15) is 92.7 Å². The number of aromatic nitrogens is 6. The molecular formula is C60H107N19O19S3. The number of hydrogen-bond acceptors (Lipinski definition) is 25. The van der Waals surface area contributed by atoms with E-state index in [4.69, 9.17) is 5.73 Å². The van der Waals surface area contributed by atoms with Gasteiger partial charge in [-0.2, -0.15) is 43.5 Å². The lowest BCUT2D eigenvalue weighted by molar-refractivity contribution is -0.143. The second-order valence-corrected chi connectivity index (χ2v) is 24.6. The number of nitrogens with zero attached hydrogens (tertiary/aromatic N) is 4. The fourth-order valence-electron chi connectivity index (χ4n) is 7.73. The molecule has 0 spiro atoms. The summed E-state index contributed by atoms with van der Waals surface area (Å²) in [4.78, 5) is 183. The first-order valence-electron chi connectivity index (χ1n) is 32.9. The molecule has 13 atom stereocenters. The third-order valence-corrected chi connectivity index (χ3v) is 16.8. The number of nitrogens with two attached hydrogens (primary N) is 1. The minimum atomic E-state index is -1.91. The molecule has 0 saturated carbocycles. The number of carboxylic acid groups (broad SMARTS) is 2. The van der Waals surface area contributed by atoms with Gasteiger partial charge in [0.1, 0.15) is 65.8 Å². The van der Waals surface area contributed by atoms with Crippen LogP contribution in [0.4, 0.5) is 0 Å². The molecule has 0 aromatic carbocycles. The molecule has 0 saturated heterocycles. The highest BCUT2D eigenvalue weighted by Gasteiger charge is 2.38. The summed E-state index contributed by atoms with van der Waals surface area (Å²) in [5, 5.41) is 97.5. The van der Waals surface area contributed by atoms with Crippen molar-refractivity contribution in [3.8, 4) is 0 Å². The monoisotopic (exact) mass is 1490 g/mol. The smallest absolute Gasteiger partial charge is 0.328 e. The van der Waals surface area contributed by atoms with Gasteiger partial charge in [0.25, 0.3) is 0 Å². The number of thioether (sulfide) groups is 2. The number of thiol groups is 1. The van der Waals surface area contributed by atoms with Gasteiger partial charge in [0.05, 0.1) is 68.4 Å². The van der Waals surface area contributed by atoms with Gasteiger partial charge in [-0.05, 0) is 45.4 Å².